The molecule has 8 nitrogen and oxygen atoms in total. The van der Waals surface area contributed by atoms with Crippen LogP contribution >= 0.6 is 0 Å². The fourth-order valence-corrected chi connectivity index (χ4v) is 3.79. The van der Waals surface area contributed by atoms with E-state index in [9.17, 15) is 9.59 Å². The van der Waals surface area contributed by atoms with E-state index in [4.69, 9.17) is 9.72 Å². The number of anilines is 2. The molecule has 4 rings (SSSR count). The summed E-state index contributed by atoms with van der Waals surface area (Å²) >= 11 is 0. The summed E-state index contributed by atoms with van der Waals surface area (Å²) in [6.07, 6.45) is 1.55. The van der Waals surface area contributed by atoms with E-state index in [0.717, 1.165) is 18.0 Å². The van der Waals surface area contributed by atoms with Gasteiger partial charge >= 0.3 is 5.69 Å². The topological polar surface area (TPSA) is 74.3 Å². The Morgan fingerprint density at radius 1 is 1.32 bits per heavy atom. The van der Waals surface area contributed by atoms with Gasteiger partial charge in [0, 0.05) is 38.4 Å². The molecule has 28 heavy (non-hydrogen) atoms. The Morgan fingerprint density at radius 3 is 2.82 bits per heavy atom. The molecule has 0 aliphatic carbocycles. The Labute approximate surface area is 161 Å². The van der Waals surface area contributed by atoms with E-state index in [-0.39, 0.29) is 12.1 Å². The molecule has 0 saturated carbocycles. The first-order valence-corrected chi connectivity index (χ1v) is 9.18. The monoisotopic (exact) mass is 381 g/mol. The van der Waals surface area contributed by atoms with Crippen LogP contribution < -0.4 is 20.9 Å². The van der Waals surface area contributed by atoms with Crippen molar-refractivity contribution in [2.24, 2.45) is 13.0 Å². The predicted molar refractivity (Wildman–Crippen MR) is 109 cm³/mol. The molecule has 0 spiro atoms. The average Bonchev–Trinajstić information content (AvgIpc) is 3.08. The van der Waals surface area contributed by atoms with Crippen LogP contribution in [-0.2, 0) is 20.1 Å². The summed E-state index contributed by atoms with van der Waals surface area (Å²) in [5.74, 6) is 1.70. The summed E-state index contributed by atoms with van der Waals surface area (Å²) in [6, 6.07) is 7.74. The van der Waals surface area contributed by atoms with Crippen molar-refractivity contribution in [3.8, 4) is 5.75 Å². The number of benzene rings is 1. The summed E-state index contributed by atoms with van der Waals surface area (Å²) in [4.78, 5) is 32.4. The van der Waals surface area contributed by atoms with Crippen molar-refractivity contribution in [2.75, 3.05) is 18.6 Å². The first-order valence-electron chi connectivity index (χ1n) is 9.18. The minimum Gasteiger partial charge on any atom is -0.497 e. The van der Waals surface area contributed by atoms with E-state index in [1.807, 2.05) is 28.8 Å². The Kier molecular flexibility index (Phi) is 4.33. The Morgan fingerprint density at radius 2 is 2.11 bits per heavy atom. The number of fused-ring (bicyclic) bond motifs is 3. The summed E-state index contributed by atoms with van der Waals surface area (Å²) in [5.41, 5.74) is 1.04. The van der Waals surface area contributed by atoms with E-state index in [2.05, 4.69) is 18.4 Å². The molecule has 1 aliphatic rings. The van der Waals surface area contributed by atoms with E-state index in [1.165, 1.54) is 9.13 Å². The van der Waals surface area contributed by atoms with Crippen molar-refractivity contribution in [1.82, 2.24) is 18.7 Å². The number of nitrogens with zero attached hydrogens (tertiary/aromatic N) is 5. The lowest BCUT2D eigenvalue weighted by Crippen LogP contribution is -2.40. The average molecular weight is 381 g/mol. The van der Waals surface area contributed by atoms with Crippen LogP contribution in [0.4, 0.5) is 11.6 Å². The highest BCUT2D eigenvalue weighted by Gasteiger charge is 2.29. The van der Waals surface area contributed by atoms with Crippen molar-refractivity contribution >= 4 is 22.8 Å². The summed E-state index contributed by atoms with van der Waals surface area (Å²) < 4.78 is 9.90. The highest BCUT2D eigenvalue weighted by Crippen LogP contribution is 2.34. The van der Waals surface area contributed by atoms with Crippen molar-refractivity contribution in [1.29, 1.82) is 0 Å². The minimum absolute atomic E-state index is 0.164. The number of aromatic nitrogens is 4. The molecule has 0 saturated heterocycles. The fourth-order valence-electron chi connectivity index (χ4n) is 3.79. The SMILES string of the molecule is C=CCn1c(=O)c2c(nc3n2C[C@H](C)CN3c2cccc(OC)c2)n(C)c1=O. The maximum Gasteiger partial charge on any atom is 0.332 e. The van der Waals surface area contributed by atoms with Crippen LogP contribution in [0.25, 0.3) is 11.2 Å². The maximum atomic E-state index is 13.1. The molecule has 3 aromatic rings. The lowest BCUT2D eigenvalue weighted by atomic mass is 10.1. The van der Waals surface area contributed by atoms with Crippen LogP contribution in [0.15, 0.2) is 46.5 Å². The van der Waals surface area contributed by atoms with Gasteiger partial charge in [0.25, 0.3) is 5.56 Å². The Balaban J connectivity index is 2.01. The number of rotatable bonds is 4. The number of ether oxygens (including phenoxy) is 1. The molecule has 1 atom stereocenters. The molecule has 0 amide bonds. The van der Waals surface area contributed by atoms with Crippen LogP contribution in [0.3, 0.4) is 0 Å². The van der Waals surface area contributed by atoms with Crippen molar-refractivity contribution in [3.05, 3.63) is 57.8 Å². The van der Waals surface area contributed by atoms with Crippen LogP contribution in [0.1, 0.15) is 6.92 Å². The molecule has 0 radical (unpaired) electrons. The van der Waals surface area contributed by atoms with Gasteiger partial charge in [0.1, 0.15) is 5.75 Å². The second-order valence-electron chi connectivity index (χ2n) is 7.16. The van der Waals surface area contributed by atoms with Gasteiger partial charge in [-0.15, -0.1) is 6.58 Å². The van der Waals surface area contributed by atoms with Gasteiger partial charge in [0.05, 0.1) is 7.11 Å². The molecule has 0 N–H and O–H groups in total. The molecule has 0 bridgehead atoms. The smallest absolute Gasteiger partial charge is 0.332 e. The molecule has 2 aromatic heterocycles. The third-order valence-electron chi connectivity index (χ3n) is 5.12. The number of aryl methyl sites for hydroxylation is 1. The van der Waals surface area contributed by atoms with Gasteiger partial charge in [-0.1, -0.05) is 19.1 Å². The Bertz CT molecular complexity index is 1190. The predicted octanol–water partition coefficient (Wildman–Crippen LogP) is 1.88. The molecule has 1 aliphatic heterocycles. The van der Waals surface area contributed by atoms with Gasteiger partial charge in [-0.3, -0.25) is 13.9 Å². The zero-order chi connectivity index (χ0) is 20.0. The summed E-state index contributed by atoms with van der Waals surface area (Å²) in [6.45, 7) is 7.36. The van der Waals surface area contributed by atoms with Crippen molar-refractivity contribution in [3.63, 3.8) is 0 Å². The second-order valence-corrected chi connectivity index (χ2v) is 7.16. The van der Waals surface area contributed by atoms with E-state index < -0.39 is 5.69 Å². The zero-order valence-corrected chi connectivity index (χ0v) is 16.3. The zero-order valence-electron chi connectivity index (χ0n) is 16.3. The lowest BCUT2D eigenvalue weighted by Gasteiger charge is -2.33. The molecule has 3 heterocycles. The quantitative estimate of drug-likeness (QED) is 0.645. The summed E-state index contributed by atoms with van der Waals surface area (Å²) in [5, 5.41) is 0. The van der Waals surface area contributed by atoms with E-state index >= 15 is 0 Å². The van der Waals surface area contributed by atoms with E-state index in [1.54, 1.807) is 20.2 Å². The van der Waals surface area contributed by atoms with Crippen LogP contribution in [-0.4, -0.2) is 32.3 Å². The number of imidazole rings is 1. The van der Waals surface area contributed by atoms with Crippen LogP contribution in [0.2, 0.25) is 0 Å². The molecular formula is C20H23N5O3. The van der Waals surface area contributed by atoms with Crippen molar-refractivity contribution in [2.45, 2.75) is 20.0 Å². The summed E-state index contributed by atoms with van der Waals surface area (Å²) in [7, 11) is 3.27. The van der Waals surface area contributed by atoms with Gasteiger partial charge < -0.3 is 14.2 Å². The highest BCUT2D eigenvalue weighted by molar-refractivity contribution is 5.77. The molecule has 8 heteroatoms. The van der Waals surface area contributed by atoms with Gasteiger partial charge in [-0.25, -0.2) is 4.79 Å². The lowest BCUT2D eigenvalue weighted by molar-refractivity contribution is 0.414. The standard InChI is InChI=1S/C20H23N5O3/c1-5-9-23-18(26)16-17(22(3)20(23)27)21-19-24(11-13(2)12-25(16)19)14-7-6-8-15(10-14)28-4/h5-8,10,13H,1,9,11-12H2,2-4H3/t13-/m1/s1. The normalized spacial score (nSPS) is 16.2. The van der Waals surface area contributed by atoms with Gasteiger partial charge in [0.15, 0.2) is 11.2 Å². The third kappa shape index (κ3) is 2.64. The van der Waals surface area contributed by atoms with Gasteiger partial charge in [-0.05, 0) is 18.1 Å². The number of hydrogen-bond donors (Lipinski definition) is 0. The number of methoxy groups -OCH3 is 1. The largest absolute Gasteiger partial charge is 0.497 e. The first kappa shape index (κ1) is 18.1. The molecule has 0 fully saturated rings. The fraction of sp³-hybridized carbons (Fsp3) is 0.350. The first-order chi connectivity index (χ1) is 13.5. The molecular weight excluding hydrogens is 358 g/mol. The molecule has 1 aromatic carbocycles. The van der Waals surface area contributed by atoms with E-state index in [0.29, 0.717) is 29.6 Å². The highest BCUT2D eigenvalue weighted by atomic mass is 16.5. The van der Waals surface area contributed by atoms with Gasteiger partial charge in [0.2, 0.25) is 5.95 Å². The van der Waals surface area contributed by atoms with Crippen LogP contribution in [0, 0.1) is 5.92 Å². The number of allylic oxidation sites excluding steroid dienone is 1. The second kappa shape index (κ2) is 6.70. The number of hydrogen-bond acceptors (Lipinski definition) is 5. The van der Waals surface area contributed by atoms with Crippen molar-refractivity contribution < 1.29 is 4.74 Å². The molecule has 0 unspecified atom stereocenters. The van der Waals surface area contributed by atoms with Crippen LogP contribution in [0.5, 0.6) is 5.75 Å². The Hall–Kier alpha value is -3.29. The molecule has 146 valence electrons. The van der Waals surface area contributed by atoms with Gasteiger partial charge in [-0.2, -0.15) is 4.98 Å². The maximum absolute atomic E-state index is 13.1. The third-order valence-corrected chi connectivity index (χ3v) is 5.12. The minimum atomic E-state index is -0.395.